The Morgan fingerprint density at radius 2 is 1.89 bits per heavy atom. The topological polar surface area (TPSA) is 82.6 Å². The highest BCUT2D eigenvalue weighted by molar-refractivity contribution is 9.10. The third kappa shape index (κ3) is 6.49. The standard InChI is InChI=1S/C19H20BrFN4O2/c1-3-12(2)23-18(26)19(27)25-22-11-13-10-14(20)4-9-17(13)24-16-7-5-15(21)6-8-16/h4-12,24H,3H2,1-2H3,(H,23,26)(H,25,27)/b22-11-/t12-/m0/s1. The summed E-state index contributed by atoms with van der Waals surface area (Å²) < 4.78 is 13.9. The molecular weight excluding hydrogens is 415 g/mol. The summed E-state index contributed by atoms with van der Waals surface area (Å²) in [6, 6.07) is 11.3. The van der Waals surface area contributed by atoms with Gasteiger partial charge in [0.05, 0.1) is 6.21 Å². The van der Waals surface area contributed by atoms with Gasteiger partial charge in [-0.05, 0) is 55.8 Å². The Hall–Kier alpha value is -2.74. The lowest BCUT2D eigenvalue weighted by Gasteiger charge is -2.11. The molecule has 0 heterocycles. The van der Waals surface area contributed by atoms with Gasteiger partial charge in [0.25, 0.3) is 0 Å². The van der Waals surface area contributed by atoms with E-state index in [1.165, 1.54) is 18.3 Å². The van der Waals surface area contributed by atoms with Gasteiger partial charge in [0.15, 0.2) is 0 Å². The quantitative estimate of drug-likeness (QED) is 0.368. The monoisotopic (exact) mass is 434 g/mol. The van der Waals surface area contributed by atoms with Crippen LogP contribution in [0, 0.1) is 5.82 Å². The summed E-state index contributed by atoms with van der Waals surface area (Å²) in [5, 5.41) is 9.56. The number of rotatable bonds is 6. The van der Waals surface area contributed by atoms with E-state index in [4.69, 9.17) is 0 Å². The maximum Gasteiger partial charge on any atom is 0.329 e. The van der Waals surface area contributed by atoms with Crippen LogP contribution in [0.15, 0.2) is 52.0 Å². The Morgan fingerprint density at radius 1 is 1.19 bits per heavy atom. The van der Waals surface area contributed by atoms with Crippen molar-refractivity contribution in [2.24, 2.45) is 5.10 Å². The molecule has 1 atom stereocenters. The van der Waals surface area contributed by atoms with Gasteiger partial charge in [0, 0.05) is 27.5 Å². The Balaban J connectivity index is 2.07. The van der Waals surface area contributed by atoms with E-state index in [0.29, 0.717) is 16.9 Å². The SMILES string of the molecule is CC[C@H](C)NC(=O)C(=O)N/N=C\c1cc(Br)ccc1Nc1ccc(F)cc1. The van der Waals surface area contributed by atoms with Crippen molar-refractivity contribution in [2.75, 3.05) is 5.32 Å². The molecule has 0 radical (unpaired) electrons. The van der Waals surface area contributed by atoms with Crippen LogP contribution in [0.2, 0.25) is 0 Å². The molecule has 142 valence electrons. The van der Waals surface area contributed by atoms with Gasteiger partial charge in [-0.2, -0.15) is 5.10 Å². The molecule has 2 amide bonds. The molecule has 27 heavy (non-hydrogen) atoms. The first-order valence-corrected chi connectivity index (χ1v) is 9.14. The molecule has 2 aromatic rings. The van der Waals surface area contributed by atoms with Gasteiger partial charge in [-0.25, -0.2) is 9.82 Å². The summed E-state index contributed by atoms with van der Waals surface area (Å²) in [5.74, 6) is -1.90. The zero-order valence-electron chi connectivity index (χ0n) is 14.9. The van der Waals surface area contributed by atoms with Gasteiger partial charge in [0.1, 0.15) is 5.82 Å². The summed E-state index contributed by atoms with van der Waals surface area (Å²) in [5.41, 5.74) is 4.27. The highest BCUT2D eigenvalue weighted by Gasteiger charge is 2.14. The molecule has 2 aromatic carbocycles. The lowest BCUT2D eigenvalue weighted by molar-refractivity contribution is -0.139. The summed E-state index contributed by atoms with van der Waals surface area (Å²) in [4.78, 5) is 23.5. The Morgan fingerprint density at radius 3 is 2.56 bits per heavy atom. The fourth-order valence-electron chi connectivity index (χ4n) is 2.05. The molecule has 0 saturated heterocycles. The second-order valence-corrected chi connectivity index (χ2v) is 6.76. The number of hydrazone groups is 1. The fraction of sp³-hybridized carbons (Fsp3) is 0.211. The number of carbonyl (C=O) groups excluding carboxylic acids is 2. The highest BCUT2D eigenvalue weighted by Crippen LogP contribution is 2.23. The predicted octanol–water partition coefficient (Wildman–Crippen LogP) is 3.70. The number of carbonyl (C=O) groups is 2. The van der Waals surface area contributed by atoms with Crippen LogP contribution in [0.3, 0.4) is 0 Å². The molecule has 0 fully saturated rings. The van der Waals surface area contributed by atoms with Crippen LogP contribution in [-0.2, 0) is 9.59 Å². The van der Waals surface area contributed by atoms with Crippen molar-refractivity contribution in [2.45, 2.75) is 26.3 Å². The predicted molar refractivity (Wildman–Crippen MR) is 107 cm³/mol. The van der Waals surface area contributed by atoms with E-state index in [0.717, 1.165) is 10.9 Å². The molecule has 6 nitrogen and oxygen atoms in total. The lowest BCUT2D eigenvalue weighted by atomic mass is 10.2. The van der Waals surface area contributed by atoms with E-state index in [1.54, 1.807) is 18.2 Å². The largest absolute Gasteiger partial charge is 0.355 e. The molecular formula is C19H20BrFN4O2. The van der Waals surface area contributed by atoms with Crippen LogP contribution in [0.4, 0.5) is 15.8 Å². The molecule has 0 aliphatic rings. The van der Waals surface area contributed by atoms with Gasteiger partial charge >= 0.3 is 11.8 Å². The minimum absolute atomic E-state index is 0.0937. The molecule has 0 unspecified atom stereocenters. The Kier molecular flexibility index (Phi) is 7.48. The first-order chi connectivity index (χ1) is 12.9. The van der Waals surface area contributed by atoms with Crippen molar-refractivity contribution in [3.63, 3.8) is 0 Å². The average molecular weight is 435 g/mol. The number of hydrogen-bond acceptors (Lipinski definition) is 4. The molecule has 0 aliphatic heterocycles. The molecule has 2 rings (SSSR count). The van der Waals surface area contributed by atoms with Crippen molar-refractivity contribution in [3.8, 4) is 0 Å². The Labute approximate surface area is 165 Å². The van der Waals surface area contributed by atoms with Crippen LogP contribution >= 0.6 is 15.9 Å². The van der Waals surface area contributed by atoms with Crippen molar-refractivity contribution >= 4 is 45.3 Å². The van der Waals surface area contributed by atoms with E-state index >= 15 is 0 Å². The maximum atomic E-state index is 13.0. The minimum Gasteiger partial charge on any atom is -0.355 e. The first-order valence-electron chi connectivity index (χ1n) is 8.35. The first kappa shape index (κ1) is 20.6. The summed E-state index contributed by atoms with van der Waals surface area (Å²) in [7, 11) is 0. The van der Waals surface area contributed by atoms with E-state index in [9.17, 15) is 14.0 Å². The van der Waals surface area contributed by atoms with E-state index in [1.807, 2.05) is 26.0 Å². The number of anilines is 2. The molecule has 0 bridgehead atoms. The van der Waals surface area contributed by atoms with Crippen LogP contribution in [0.5, 0.6) is 0 Å². The van der Waals surface area contributed by atoms with Gasteiger partial charge in [-0.1, -0.05) is 22.9 Å². The zero-order chi connectivity index (χ0) is 19.8. The number of benzene rings is 2. The van der Waals surface area contributed by atoms with Crippen molar-refractivity contribution < 1.29 is 14.0 Å². The maximum absolute atomic E-state index is 13.0. The third-order valence-corrected chi connectivity index (χ3v) is 4.20. The van der Waals surface area contributed by atoms with Crippen molar-refractivity contribution in [1.82, 2.24) is 10.7 Å². The molecule has 8 heteroatoms. The summed E-state index contributed by atoms with van der Waals surface area (Å²) in [6.45, 7) is 3.72. The van der Waals surface area contributed by atoms with E-state index < -0.39 is 11.8 Å². The molecule has 3 N–H and O–H groups in total. The second kappa shape index (κ2) is 9.82. The van der Waals surface area contributed by atoms with Gasteiger partial charge in [-0.15, -0.1) is 0 Å². The number of hydrogen-bond donors (Lipinski definition) is 3. The summed E-state index contributed by atoms with van der Waals surface area (Å²) >= 11 is 3.38. The molecule has 0 aliphatic carbocycles. The van der Waals surface area contributed by atoms with Crippen LogP contribution in [0.25, 0.3) is 0 Å². The van der Waals surface area contributed by atoms with E-state index in [-0.39, 0.29) is 11.9 Å². The lowest BCUT2D eigenvalue weighted by Crippen LogP contribution is -2.41. The third-order valence-electron chi connectivity index (χ3n) is 3.70. The van der Waals surface area contributed by atoms with Gasteiger partial charge in [0.2, 0.25) is 0 Å². The van der Waals surface area contributed by atoms with Gasteiger partial charge in [-0.3, -0.25) is 9.59 Å². The molecule has 0 spiro atoms. The van der Waals surface area contributed by atoms with Gasteiger partial charge < -0.3 is 10.6 Å². The number of nitrogens with zero attached hydrogens (tertiary/aromatic N) is 1. The second-order valence-electron chi connectivity index (χ2n) is 5.85. The average Bonchev–Trinajstić information content (AvgIpc) is 2.65. The normalized spacial score (nSPS) is 11.9. The van der Waals surface area contributed by atoms with Crippen LogP contribution in [0.1, 0.15) is 25.8 Å². The number of amides is 2. The number of halogens is 2. The summed E-state index contributed by atoms with van der Waals surface area (Å²) in [6.07, 6.45) is 2.14. The fourth-order valence-corrected chi connectivity index (χ4v) is 2.42. The smallest absolute Gasteiger partial charge is 0.329 e. The highest BCUT2D eigenvalue weighted by atomic mass is 79.9. The number of nitrogens with one attached hydrogen (secondary N) is 3. The molecule has 0 saturated carbocycles. The van der Waals surface area contributed by atoms with E-state index in [2.05, 4.69) is 37.1 Å². The zero-order valence-corrected chi connectivity index (χ0v) is 16.5. The van der Waals surface area contributed by atoms with Crippen LogP contribution in [-0.4, -0.2) is 24.1 Å². The minimum atomic E-state index is -0.838. The van der Waals surface area contributed by atoms with Crippen LogP contribution < -0.4 is 16.1 Å². The van der Waals surface area contributed by atoms with Crippen molar-refractivity contribution in [1.29, 1.82) is 0 Å². The molecule has 0 aromatic heterocycles. The Bertz CT molecular complexity index is 840. The van der Waals surface area contributed by atoms with Crippen molar-refractivity contribution in [3.05, 3.63) is 58.3 Å².